The molecule has 0 saturated heterocycles. The van der Waals surface area contributed by atoms with Crippen molar-refractivity contribution in [3.8, 4) is 0 Å². The highest BCUT2D eigenvalue weighted by Gasteiger charge is 2.16. The molecule has 0 aromatic heterocycles. The third-order valence-electron chi connectivity index (χ3n) is 4.27. The van der Waals surface area contributed by atoms with E-state index in [0.717, 1.165) is 6.04 Å². The molecule has 1 rings (SSSR count). The van der Waals surface area contributed by atoms with Crippen molar-refractivity contribution in [3.63, 3.8) is 0 Å². The van der Waals surface area contributed by atoms with Gasteiger partial charge < -0.3 is 10.2 Å². The molecular weight excluding hydrogens is 220 g/mol. The van der Waals surface area contributed by atoms with Gasteiger partial charge in [0.15, 0.2) is 0 Å². The van der Waals surface area contributed by atoms with Gasteiger partial charge in [-0.3, -0.25) is 0 Å². The normalized spacial score (nSPS) is 17.5. The second kappa shape index (κ2) is 10.8. The van der Waals surface area contributed by atoms with Crippen LogP contribution in [0.2, 0.25) is 0 Å². The highest BCUT2D eigenvalue weighted by molar-refractivity contribution is 4.73. The van der Waals surface area contributed by atoms with E-state index >= 15 is 0 Å². The van der Waals surface area contributed by atoms with E-state index in [2.05, 4.69) is 24.2 Å². The van der Waals surface area contributed by atoms with Crippen LogP contribution in [0, 0.1) is 0 Å². The summed E-state index contributed by atoms with van der Waals surface area (Å²) in [5.41, 5.74) is 0. The van der Waals surface area contributed by atoms with Crippen LogP contribution in [-0.4, -0.2) is 37.6 Å². The van der Waals surface area contributed by atoms with Gasteiger partial charge in [0.25, 0.3) is 0 Å². The molecule has 0 aromatic carbocycles. The summed E-state index contributed by atoms with van der Waals surface area (Å²) < 4.78 is 0. The Kier molecular flexibility index (Phi) is 9.59. The number of hydrogen-bond acceptors (Lipinski definition) is 2. The van der Waals surface area contributed by atoms with E-state index < -0.39 is 0 Å². The third kappa shape index (κ3) is 7.38. The molecule has 1 fully saturated rings. The van der Waals surface area contributed by atoms with Crippen LogP contribution < -0.4 is 5.32 Å². The Labute approximate surface area is 115 Å². The lowest BCUT2D eigenvalue weighted by molar-refractivity contribution is 0.189. The average Bonchev–Trinajstić information content (AvgIpc) is 2.42. The summed E-state index contributed by atoms with van der Waals surface area (Å²) in [5, 5.41) is 3.58. The summed E-state index contributed by atoms with van der Waals surface area (Å²) in [6, 6.07) is 0.878. The van der Waals surface area contributed by atoms with Gasteiger partial charge in [-0.25, -0.2) is 0 Å². The minimum atomic E-state index is 0.878. The van der Waals surface area contributed by atoms with E-state index in [0.29, 0.717) is 0 Å². The second-order valence-electron chi connectivity index (χ2n) is 5.94. The molecule has 2 nitrogen and oxygen atoms in total. The minimum absolute atomic E-state index is 0.878. The number of nitrogens with one attached hydrogen (secondary N) is 1. The maximum Gasteiger partial charge on any atom is 0.00922 e. The van der Waals surface area contributed by atoms with Crippen molar-refractivity contribution < 1.29 is 0 Å². The largest absolute Gasteiger partial charge is 0.317 e. The maximum absolute atomic E-state index is 3.58. The van der Waals surface area contributed by atoms with E-state index in [1.807, 2.05) is 0 Å². The lowest BCUT2D eigenvalue weighted by Gasteiger charge is -2.31. The fraction of sp³-hybridized carbons (Fsp3) is 1.00. The molecule has 0 amide bonds. The van der Waals surface area contributed by atoms with E-state index in [1.165, 1.54) is 83.8 Å². The molecule has 108 valence electrons. The molecule has 0 bridgehead atoms. The Morgan fingerprint density at radius 3 is 2.39 bits per heavy atom. The molecule has 1 aliphatic rings. The van der Waals surface area contributed by atoms with Crippen molar-refractivity contribution in [2.24, 2.45) is 0 Å². The highest BCUT2D eigenvalue weighted by Crippen LogP contribution is 2.21. The molecule has 1 saturated carbocycles. The Bertz CT molecular complexity index is 176. The number of nitrogens with zero attached hydrogens (tertiary/aromatic N) is 1. The van der Waals surface area contributed by atoms with E-state index in [9.17, 15) is 0 Å². The van der Waals surface area contributed by atoms with Gasteiger partial charge in [0.1, 0.15) is 0 Å². The van der Waals surface area contributed by atoms with Gasteiger partial charge in [-0.1, -0.05) is 45.4 Å². The summed E-state index contributed by atoms with van der Waals surface area (Å²) in [4.78, 5) is 2.60. The summed E-state index contributed by atoms with van der Waals surface area (Å²) in [6.45, 7) is 5.96. The average molecular weight is 254 g/mol. The van der Waals surface area contributed by atoms with Crippen molar-refractivity contribution in [2.45, 2.75) is 77.2 Å². The number of hydrogen-bond donors (Lipinski definition) is 1. The van der Waals surface area contributed by atoms with E-state index in [1.54, 1.807) is 0 Å². The maximum atomic E-state index is 3.58. The lowest BCUT2D eigenvalue weighted by atomic mass is 9.94. The quantitative estimate of drug-likeness (QED) is 0.596. The Morgan fingerprint density at radius 2 is 1.67 bits per heavy atom. The SMILES string of the molecule is CCCCCCNCCCN(C)C1CCCCC1. The zero-order valence-electron chi connectivity index (χ0n) is 12.7. The fourth-order valence-electron chi connectivity index (χ4n) is 2.96. The first-order valence-electron chi connectivity index (χ1n) is 8.25. The predicted octanol–water partition coefficient (Wildman–Crippen LogP) is 3.81. The topological polar surface area (TPSA) is 15.3 Å². The predicted molar refractivity (Wildman–Crippen MR) is 81.1 cm³/mol. The monoisotopic (exact) mass is 254 g/mol. The van der Waals surface area contributed by atoms with Gasteiger partial charge in [0, 0.05) is 6.04 Å². The van der Waals surface area contributed by atoms with Gasteiger partial charge in [-0.05, 0) is 52.4 Å². The van der Waals surface area contributed by atoms with Crippen molar-refractivity contribution in [3.05, 3.63) is 0 Å². The summed E-state index contributed by atoms with van der Waals surface area (Å²) in [6.07, 6.45) is 14.0. The first-order chi connectivity index (χ1) is 8.84. The van der Waals surface area contributed by atoms with Crippen molar-refractivity contribution in [2.75, 3.05) is 26.7 Å². The Morgan fingerprint density at radius 1 is 0.944 bits per heavy atom. The first-order valence-corrected chi connectivity index (χ1v) is 8.25. The summed E-state index contributed by atoms with van der Waals surface area (Å²) >= 11 is 0. The van der Waals surface area contributed by atoms with Crippen LogP contribution in [0.25, 0.3) is 0 Å². The second-order valence-corrected chi connectivity index (χ2v) is 5.94. The minimum Gasteiger partial charge on any atom is -0.317 e. The van der Waals surface area contributed by atoms with Crippen molar-refractivity contribution in [1.29, 1.82) is 0 Å². The van der Waals surface area contributed by atoms with Crippen LogP contribution >= 0.6 is 0 Å². The van der Waals surface area contributed by atoms with Crippen LogP contribution in [0.15, 0.2) is 0 Å². The smallest absolute Gasteiger partial charge is 0.00922 e. The Balaban J connectivity index is 1.87. The zero-order valence-corrected chi connectivity index (χ0v) is 12.7. The van der Waals surface area contributed by atoms with Crippen LogP contribution in [-0.2, 0) is 0 Å². The van der Waals surface area contributed by atoms with Gasteiger partial charge in [0.2, 0.25) is 0 Å². The van der Waals surface area contributed by atoms with Crippen LogP contribution in [0.5, 0.6) is 0 Å². The third-order valence-corrected chi connectivity index (χ3v) is 4.27. The molecule has 0 radical (unpaired) electrons. The molecule has 0 atom stereocenters. The molecule has 2 heteroatoms. The van der Waals surface area contributed by atoms with E-state index in [-0.39, 0.29) is 0 Å². The van der Waals surface area contributed by atoms with Gasteiger partial charge in [0.05, 0.1) is 0 Å². The fourth-order valence-corrected chi connectivity index (χ4v) is 2.96. The van der Waals surface area contributed by atoms with Crippen LogP contribution in [0.4, 0.5) is 0 Å². The van der Waals surface area contributed by atoms with Crippen LogP contribution in [0.1, 0.15) is 71.1 Å². The molecule has 1 N–H and O–H groups in total. The number of unbranched alkanes of at least 4 members (excludes halogenated alkanes) is 3. The summed E-state index contributed by atoms with van der Waals surface area (Å²) in [5.74, 6) is 0. The molecule has 0 spiro atoms. The molecule has 18 heavy (non-hydrogen) atoms. The van der Waals surface area contributed by atoms with Gasteiger partial charge in [-0.2, -0.15) is 0 Å². The zero-order chi connectivity index (χ0) is 13.1. The lowest BCUT2D eigenvalue weighted by Crippen LogP contribution is -2.35. The van der Waals surface area contributed by atoms with Gasteiger partial charge >= 0.3 is 0 Å². The van der Waals surface area contributed by atoms with E-state index in [4.69, 9.17) is 0 Å². The standard InChI is InChI=1S/C16H34N2/c1-3-4-5-9-13-17-14-10-15-18(2)16-11-7-6-8-12-16/h16-17H,3-15H2,1-2H3. The highest BCUT2D eigenvalue weighted by atomic mass is 15.1. The molecular formula is C16H34N2. The Hall–Kier alpha value is -0.0800. The number of rotatable bonds is 10. The molecule has 0 aromatic rings. The van der Waals surface area contributed by atoms with Crippen molar-refractivity contribution in [1.82, 2.24) is 10.2 Å². The molecule has 1 aliphatic carbocycles. The first kappa shape index (κ1) is 16.0. The van der Waals surface area contributed by atoms with Crippen molar-refractivity contribution >= 4 is 0 Å². The van der Waals surface area contributed by atoms with Crippen LogP contribution in [0.3, 0.4) is 0 Å². The molecule has 0 heterocycles. The van der Waals surface area contributed by atoms with Gasteiger partial charge in [-0.15, -0.1) is 0 Å². The molecule has 0 unspecified atom stereocenters. The summed E-state index contributed by atoms with van der Waals surface area (Å²) in [7, 11) is 2.32. The molecule has 0 aliphatic heterocycles.